The summed E-state index contributed by atoms with van der Waals surface area (Å²) in [4.78, 5) is 6.37. The molecule has 0 radical (unpaired) electrons. The normalized spacial score (nSPS) is 34.5. The number of piperidine rings is 1. The SMILES string of the molecule is OC12CCCCC1CN(Cc1ncno1)CC2. The van der Waals surface area contributed by atoms with Crippen LogP contribution in [-0.2, 0) is 6.54 Å². The van der Waals surface area contributed by atoms with E-state index in [1.807, 2.05) is 0 Å². The van der Waals surface area contributed by atoms with Gasteiger partial charge in [-0.15, -0.1) is 0 Å². The summed E-state index contributed by atoms with van der Waals surface area (Å²) < 4.78 is 5.03. The summed E-state index contributed by atoms with van der Waals surface area (Å²) in [6, 6.07) is 0. The van der Waals surface area contributed by atoms with Crippen LogP contribution in [0.2, 0.25) is 0 Å². The molecule has 1 N–H and O–H groups in total. The van der Waals surface area contributed by atoms with Gasteiger partial charge in [0.25, 0.3) is 0 Å². The zero-order chi connectivity index (χ0) is 11.7. The summed E-state index contributed by atoms with van der Waals surface area (Å²) >= 11 is 0. The lowest BCUT2D eigenvalue weighted by molar-refractivity contribution is -0.0979. The third kappa shape index (κ3) is 2.21. The Hall–Kier alpha value is -0.940. The fourth-order valence-electron chi connectivity index (χ4n) is 3.24. The van der Waals surface area contributed by atoms with Crippen LogP contribution in [-0.4, -0.2) is 38.8 Å². The lowest BCUT2D eigenvalue weighted by atomic mass is 9.71. The minimum absolute atomic E-state index is 0.399. The minimum atomic E-state index is -0.399. The van der Waals surface area contributed by atoms with E-state index in [0.29, 0.717) is 18.4 Å². The first kappa shape index (κ1) is 11.2. The second-order valence-corrected chi connectivity index (χ2v) is 5.37. The number of likely N-dealkylation sites (tertiary alicyclic amines) is 1. The van der Waals surface area contributed by atoms with Gasteiger partial charge < -0.3 is 9.63 Å². The molecule has 17 heavy (non-hydrogen) atoms. The minimum Gasteiger partial charge on any atom is -0.390 e. The third-order valence-corrected chi connectivity index (χ3v) is 4.28. The van der Waals surface area contributed by atoms with Gasteiger partial charge in [-0.05, 0) is 19.3 Å². The van der Waals surface area contributed by atoms with Crippen LogP contribution in [0.25, 0.3) is 0 Å². The molecule has 0 bridgehead atoms. The maximum Gasteiger partial charge on any atom is 0.240 e. The van der Waals surface area contributed by atoms with Gasteiger partial charge in [0.05, 0.1) is 12.1 Å². The number of hydrogen-bond donors (Lipinski definition) is 1. The molecule has 1 aromatic rings. The van der Waals surface area contributed by atoms with Crippen LogP contribution in [0, 0.1) is 5.92 Å². The van der Waals surface area contributed by atoms with E-state index < -0.39 is 5.60 Å². The summed E-state index contributed by atoms with van der Waals surface area (Å²) in [5.74, 6) is 1.10. The van der Waals surface area contributed by atoms with Crippen LogP contribution in [0.3, 0.4) is 0 Å². The van der Waals surface area contributed by atoms with Crippen molar-refractivity contribution >= 4 is 0 Å². The lowest BCUT2D eigenvalue weighted by Gasteiger charge is -2.47. The van der Waals surface area contributed by atoms with Gasteiger partial charge in [-0.2, -0.15) is 4.98 Å². The summed E-state index contributed by atoms with van der Waals surface area (Å²) in [5, 5.41) is 14.2. The van der Waals surface area contributed by atoms with Gasteiger partial charge in [-0.1, -0.05) is 18.0 Å². The van der Waals surface area contributed by atoms with Crippen molar-refractivity contribution in [3.8, 4) is 0 Å². The molecule has 1 aromatic heterocycles. The lowest BCUT2D eigenvalue weighted by Crippen LogP contribution is -2.52. The summed E-state index contributed by atoms with van der Waals surface area (Å²) in [6.45, 7) is 2.60. The second-order valence-electron chi connectivity index (χ2n) is 5.37. The van der Waals surface area contributed by atoms with Crippen LogP contribution < -0.4 is 0 Å². The monoisotopic (exact) mass is 237 g/mol. The number of aromatic nitrogens is 2. The number of hydrogen-bond acceptors (Lipinski definition) is 5. The van der Waals surface area contributed by atoms with Crippen molar-refractivity contribution < 1.29 is 9.63 Å². The number of rotatable bonds is 2. The Morgan fingerprint density at radius 1 is 1.47 bits per heavy atom. The number of fused-ring (bicyclic) bond motifs is 1. The summed E-state index contributed by atoms with van der Waals surface area (Å²) in [7, 11) is 0. The molecular weight excluding hydrogens is 218 g/mol. The largest absolute Gasteiger partial charge is 0.390 e. The van der Waals surface area contributed by atoms with Crippen molar-refractivity contribution in [3.63, 3.8) is 0 Å². The molecule has 3 rings (SSSR count). The molecule has 0 aromatic carbocycles. The Morgan fingerprint density at radius 2 is 2.41 bits per heavy atom. The van der Waals surface area contributed by atoms with Gasteiger partial charge in [0.2, 0.25) is 5.89 Å². The Morgan fingerprint density at radius 3 is 3.24 bits per heavy atom. The zero-order valence-corrected chi connectivity index (χ0v) is 10.0. The van der Waals surface area contributed by atoms with Crippen molar-refractivity contribution in [3.05, 3.63) is 12.2 Å². The van der Waals surface area contributed by atoms with Crippen molar-refractivity contribution in [1.29, 1.82) is 0 Å². The molecular formula is C12H19N3O2. The highest BCUT2D eigenvalue weighted by Crippen LogP contribution is 2.39. The summed E-state index contributed by atoms with van der Waals surface area (Å²) in [6.07, 6.45) is 6.88. The van der Waals surface area contributed by atoms with Crippen LogP contribution >= 0.6 is 0 Å². The van der Waals surface area contributed by atoms with Gasteiger partial charge in [-0.25, -0.2) is 0 Å². The Balaban J connectivity index is 1.63. The standard InChI is InChI=1S/C12H19N3O2/c16-12-4-2-1-3-10(12)7-15(6-5-12)8-11-13-9-14-17-11/h9-10,16H,1-8H2. The molecule has 2 unspecified atom stereocenters. The van der Waals surface area contributed by atoms with Gasteiger partial charge >= 0.3 is 0 Å². The maximum atomic E-state index is 10.6. The van der Waals surface area contributed by atoms with E-state index in [2.05, 4.69) is 15.0 Å². The van der Waals surface area contributed by atoms with Gasteiger partial charge in [0, 0.05) is 19.0 Å². The number of aliphatic hydroxyl groups is 1. The van der Waals surface area contributed by atoms with E-state index in [0.717, 1.165) is 32.4 Å². The molecule has 5 nitrogen and oxygen atoms in total. The molecule has 94 valence electrons. The van der Waals surface area contributed by atoms with Crippen molar-refractivity contribution in [2.24, 2.45) is 5.92 Å². The Bertz CT molecular complexity index is 368. The average Bonchev–Trinajstić information content (AvgIpc) is 2.82. The van der Waals surface area contributed by atoms with Crippen LogP contribution in [0.15, 0.2) is 10.9 Å². The molecule has 1 saturated heterocycles. The molecule has 0 spiro atoms. The highest BCUT2D eigenvalue weighted by atomic mass is 16.5. The molecule has 2 aliphatic rings. The Kier molecular flexibility index (Phi) is 2.88. The predicted molar refractivity (Wildman–Crippen MR) is 61.1 cm³/mol. The van der Waals surface area contributed by atoms with Crippen molar-refractivity contribution in [2.45, 2.75) is 44.2 Å². The van der Waals surface area contributed by atoms with E-state index >= 15 is 0 Å². The molecule has 1 aliphatic heterocycles. The molecule has 1 aliphatic carbocycles. The van der Waals surface area contributed by atoms with Crippen LogP contribution in [0.4, 0.5) is 0 Å². The van der Waals surface area contributed by atoms with E-state index in [1.165, 1.54) is 19.2 Å². The van der Waals surface area contributed by atoms with Crippen molar-refractivity contribution in [1.82, 2.24) is 15.0 Å². The average molecular weight is 237 g/mol. The van der Waals surface area contributed by atoms with Gasteiger partial charge in [-0.3, -0.25) is 4.90 Å². The maximum absolute atomic E-state index is 10.6. The van der Waals surface area contributed by atoms with Gasteiger partial charge in [0.1, 0.15) is 0 Å². The summed E-state index contributed by atoms with van der Waals surface area (Å²) in [5.41, 5.74) is -0.399. The topological polar surface area (TPSA) is 62.4 Å². The predicted octanol–water partition coefficient (Wildman–Crippen LogP) is 1.20. The van der Waals surface area contributed by atoms with E-state index in [4.69, 9.17) is 4.52 Å². The zero-order valence-electron chi connectivity index (χ0n) is 10.0. The molecule has 0 amide bonds. The highest BCUT2D eigenvalue weighted by Gasteiger charge is 2.42. The Labute approximate surface area is 101 Å². The first-order valence-electron chi connectivity index (χ1n) is 6.46. The van der Waals surface area contributed by atoms with Crippen molar-refractivity contribution in [2.75, 3.05) is 13.1 Å². The fourth-order valence-corrected chi connectivity index (χ4v) is 3.24. The van der Waals surface area contributed by atoms with Gasteiger partial charge in [0.15, 0.2) is 6.33 Å². The van der Waals surface area contributed by atoms with E-state index in [-0.39, 0.29) is 0 Å². The molecule has 2 fully saturated rings. The molecule has 2 heterocycles. The first-order valence-corrected chi connectivity index (χ1v) is 6.46. The smallest absolute Gasteiger partial charge is 0.240 e. The first-order chi connectivity index (χ1) is 8.26. The van der Waals surface area contributed by atoms with E-state index in [1.54, 1.807) is 0 Å². The molecule has 1 saturated carbocycles. The van der Waals surface area contributed by atoms with E-state index in [9.17, 15) is 5.11 Å². The highest BCUT2D eigenvalue weighted by molar-refractivity contribution is 4.96. The molecule has 5 heteroatoms. The third-order valence-electron chi connectivity index (χ3n) is 4.28. The number of nitrogens with zero attached hydrogens (tertiary/aromatic N) is 3. The molecule has 2 atom stereocenters. The van der Waals surface area contributed by atoms with Crippen LogP contribution in [0.1, 0.15) is 38.0 Å². The fraction of sp³-hybridized carbons (Fsp3) is 0.833. The second kappa shape index (κ2) is 4.38. The quantitative estimate of drug-likeness (QED) is 0.837. The van der Waals surface area contributed by atoms with Crippen LogP contribution in [0.5, 0.6) is 0 Å².